The Bertz CT molecular complexity index is 588. The molecule has 0 saturated heterocycles. The minimum Gasteiger partial charge on any atom is -0.372 e. The van der Waals surface area contributed by atoms with Crippen molar-refractivity contribution in [1.82, 2.24) is 15.3 Å². The summed E-state index contributed by atoms with van der Waals surface area (Å²) in [4.78, 5) is 20.0. The lowest BCUT2D eigenvalue weighted by Crippen LogP contribution is -2.24. The van der Waals surface area contributed by atoms with E-state index in [2.05, 4.69) is 36.5 Å². The molecule has 1 amide bonds. The summed E-state index contributed by atoms with van der Waals surface area (Å²) in [7, 11) is 1.73. The summed E-state index contributed by atoms with van der Waals surface area (Å²) in [6.07, 6.45) is 3.00. The van der Waals surface area contributed by atoms with Crippen molar-refractivity contribution < 1.29 is 4.79 Å². The summed E-state index contributed by atoms with van der Waals surface area (Å²) < 4.78 is 0.983. The van der Waals surface area contributed by atoms with Gasteiger partial charge in [0.25, 0.3) is 5.91 Å². The van der Waals surface area contributed by atoms with Crippen LogP contribution in [0.5, 0.6) is 0 Å². The molecule has 1 aromatic carbocycles. The van der Waals surface area contributed by atoms with E-state index < -0.39 is 0 Å². The van der Waals surface area contributed by atoms with Crippen LogP contribution in [0.4, 0.5) is 5.82 Å². The molecular formula is C13H13BrN4O. The van der Waals surface area contributed by atoms with Gasteiger partial charge in [0, 0.05) is 18.1 Å². The second kappa shape index (κ2) is 6.29. The molecule has 1 aromatic heterocycles. The maximum atomic E-state index is 11.9. The molecule has 0 aliphatic heterocycles. The first-order valence-electron chi connectivity index (χ1n) is 5.71. The number of anilines is 1. The van der Waals surface area contributed by atoms with E-state index >= 15 is 0 Å². The Kier molecular flexibility index (Phi) is 4.46. The Morgan fingerprint density at radius 3 is 2.95 bits per heavy atom. The predicted molar refractivity (Wildman–Crippen MR) is 76.9 cm³/mol. The summed E-state index contributed by atoms with van der Waals surface area (Å²) in [6, 6.07) is 7.76. The van der Waals surface area contributed by atoms with Crippen LogP contribution >= 0.6 is 15.9 Å². The molecule has 1 heterocycles. The highest BCUT2D eigenvalue weighted by atomic mass is 79.9. The zero-order chi connectivity index (χ0) is 13.7. The van der Waals surface area contributed by atoms with Gasteiger partial charge in [-0.25, -0.2) is 4.98 Å². The Labute approximate surface area is 119 Å². The molecule has 0 saturated carbocycles. The van der Waals surface area contributed by atoms with Gasteiger partial charge in [-0.15, -0.1) is 0 Å². The van der Waals surface area contributed by atoms with E-state index in [-0.39, 0.29) is 5.91 Å². The zero-order valence-corrected chi connectivity index (χ0v) is 11.9. The fourth-order valence-electron chi connectivity index (χ4n) is 1.52. The average molecular weight is 321 g/mol. The molecular weight excluding hydrogens is 308 g/mol. The van der Waals surface area contributed by atoms with Crippen LogP contribution in [-0.2, 0) is 6.54 Å². The zero-order valence-electron chi connectivity index (χ0n) is 10.4. The second-order valence-electron chi connectivity index (χ2n) is 3.85. The average Bonchev–Trinajstić information content (AvgIpc) is 2.45. The van der Waals surface area contributed by atoms with Gasteiger partial charge in [-0.1, -0.05) is 28.1 Å². The van der Waals surface area contributed by atoms with Crippen LogP contribution in [-0.4, -0.2) is 22.9 Å². The van der Waals surface area contributed by atoms with Crippen LogP contribution < -0.4 is 10.6 Å². The quantitative estimate of drug-likeness (QED) is 0.906. The van der Waals surface area contributed by atoms with Gasteiger partial charge in [-0.05, 0) is 17.7 Å². The molecule has 5 nitrogen and oxygen atoms in total. The molecule has 2 aromatic rings. The molecule has 2 rings (SSSR count). The lowest BCUT2D eigenvalue weighted by molar-refractivity contribution is 0.0945. The smallest absolute Gasteiger partial charge is 0.271 e. The minimum atomic E-state index is -0.246. The number of carbonyl (C=O) groups is 1. The maximum Gasteiger partial charge on any atom is 0.271 e. The predicted octanol–water partition coefficient (Wildman–Crippen LogP) is 2.21. The first-order chi connectivity index (χ1) is 9.19. The number of benzene rings is 1. The molecule has 98 valence electrons. The molecule has 0 radical (unpaired) electrons. The normalized spacial score (nSPS) is 10.0. The standard InChI is InChI=1S/C13H13BrN4O/c1-15-12-8-16-7-11(18-12)13(19)17-6-9-3-2-4-10(14)5-9/h2-5,7-8H,6H2,1H3,(H,15,18)(H,17,19). The minimum absolute atomic E-state index is 0.246. The highest BCUT2D eigenvalue weighted by Crippen LogP contribution is 2.11. The number of hydrogen-bond acceptors (Lipinski definition) is 4. The first kappa shape index (κ1) is 13.5. The van der Waals surface area contributed by atoms with E-state index in [0.717, 1.165) is 10.0 Å². The lowest BCUT2D eigenvalue weighted by atomic mass is 10.2. The van der Waals surface area contributed by atoms with Crippen molar-refractivity contribution >= 4 is 27.7 Å². The van der Waals surface area contributed by atoms with Crippen LogP contribution in [0.1, 0.15) is 16.1 Å². The van der Waals surface area contributed by atoms with Crippen LogP contribution in [0, 0.1) is 0 Å². The van der Waals surface area contributed by atoms with Gasteiger partial charge >= 0.3 is 0 Å². The third kappa shape index (κ3) is 3.75. The van der Waals surface area contributed by atoms with Crippen LogP contribution in [0.3, 0.4) is 0 Å². The monoisotopic (exact) mass is 320 g/mol. The van der Waals surface area contributed by atoms with Crippen molar-refractivity contribution in [3.63, 3.8) is 0 Å². The highest BCUT2D eigenvalue weighted by molar-refractivity contribution is 9.10. The van der Waals surface area contributed by atoms with Crippen LogP contribution in [0.15, 0.2) is 41.1 Å². The molecule has 19 heavy (non-hydrogen) atoms. The number of nitrogens with zero attached hydrogens (tertiary/aromatic N) is 2. The maximum absolute atomic E-state index is 11.9. The molecule has 0 aliphatic carbocycles. The Morgan fingerprint density at radius 1 is 1.37 bits per heavy atom. The Balaban J connectivity index is 2.01. The number of nitrogens with one attached hydrogen (secondary N) is 2. The molecule has 0 bridgehead atoms. The molecule has 0 unspecified atom stereocenters. The summed E-state index contributed by atoms with van der Waals surface area (Å²) >= 11 is 3.39. The third-order valence-electron chi connectivity index (χ3n) is 2.47. The van der Waals surface area contributed by atoms with Crippen molar-refractivity contribution in [3.8, 4) is 0 Å². The van der Waals surface area contributed by atoms with E-state index in [4.69, 9.17) is 0 Å². The molecule has 0 fully saturated rings. The van der Waals surface area contributed by atoms with E-state index in [9.17, 15) is 4.79 Å². The van der Waals surface area contributed by atoms with Crippen molar-refractivity contribution in [2.75, 3.05) is 12.4 Å². The van der Waals surface area contributed by atoms with Crippen molar-refractivity contribution in [2.24, 2.45) is 0 Å². The van der Waals surface area contributed by atoms with Gasteiger partial charge in [0.1, 0.15) is 11.5 Å². The van der Waals surface area contributed by atoms with Crippen LogP contribution in [0.25, 0.3) is 0 Å². The molecule has 6 heteroatoms. The van der Waals surface area contributed by atoms with E-state index in [0.29, 0.717) is 18.1 Å². The molecule has 0 aliphatic rings. The third-order valence-corrected chi connectivity index (χ3v) is 2.96. The number of amides is 1. The fourth-order valence-corrected chi connectivity index (χ4v) is 1.96. The summed E-state index contributed by atoms with van der Waals surface area (Å²) in [5, 5.41) is 5.65. The fraction of sp³-hybridized carbons (Fsp3) is 0.154. The Morgan fingerprint density at radius 2 is 2.21 bits per heavy atom. The van der Waals surface area contributed by atoms with Gasteiger partial charge in [-0.3, -0.25) is 9.78 Å². The molecule has 0 spiro atoms. The van der Waals surface area contributed by atoms with Gasteiger partial charge in [0.2, 0.25) is 0 Å². The first-order valence-corrected chi connectivity index (χ1v) is 6.51. The number of carbonyl (C=O) groups excluding carboxylic acids is 1. The van der Waals surface area contributed by atoms with Gasteiger partial charge in [0.15, 0.2) is 0 Å². The Hall–Kier alpha value is -1.95. The SMILES string of the molecule is CNc1cncc(C(=O)NCc2cccc(Br)c2)n1. The van der Waals surface area contributed by atoms with Crippen molar-refractivity contribution in [1.29, 1.82) is 0 Å². The van der Waals surface area contributed by atoms with E-state index in [1.165, 1.54) is 6.20 Å². The number of halogens is 1. The molecule has 0 atom stereocenters. The van der Waals surface area contributed by atoms with Crippen LogP contribution in [0.2, 0.25) is 0 Å². The van der Waals surface area contributed by atoms with E-state index in [1.807, 2.05) is 24.3 Å². The number of hydrogen-bond donors (Lipinski definition) is 2. The summed E-state index contributed by atoms with van der Waals surface area (Å²) in [6.45, 7) is 0.448. The number of rotatable bonds is 4. The van der Waals surface area contributed by atoms with Gasteiger partial charge < -0.3 is 10.6 Å². The highest BCUT2D eigenvalue weighted by Gasteiger charge is 2.08. The van der Waals surface area contributed by atoms with E-state index in [1.54, 1.807) is 13.2 Å². The van der Waals surface area contributed by atoms with Gasteiger partial charge in [-0.2, -0.15) is 0 Å². The second-order valence-corrected chi connectivity index (χ2v) is 4.77. The lowest BCUT2D eigenvalue weighted by Gasteiger charge is -2.06. The van der Waals surface area contributed by atoms with Crippen molar-refractivity contribution in [2.45, 2.75) is 6.54 Å². The summed E-state index contributed by atoms with van der Waals surface area (Å²) in [5.41, 5.74) is 1.31. The number of aromatic nitrogens is 2. The molecule has 2 N–H and O–H groups in total. The van der Waals surface area contributed by atoms with Gasteiger partial charge in [0.05, 0.1) is 12.4 Å². The topological polar surface area (TPSA) is 66.9 Å². The largest absolute Gasteiger partial charge is 0.372 e. The summed E-state index contributed by atoms with van der Waals surface area (Å²) in [5.74, 6) is 0.319. The van der Waals surface area contributed by atoms with Crippen molar-refractivity contribution in [3.05, 3.63) is 52.4 Å².